The third-order valence-corrected chi connectivity index (χ3v) is 4.65. The topological polar surface area (TPSA) is 32.3 Å². The number of nitrogens with one attached hydrogen (secondary N) is 1. The van der Waals surface area contributed by atoms with Gasteiger partial charge in [0.2, 0.25) is 5.91 Å². The fourth-order valence-corrected chi connectivity index (χ4v) is 3.04. The second-order valence-electron chi connectivity index (χ2n) is 6.47. The molecule has 1 atom stereocenters. The van der Waals surface area contributed by atoms with E-state index in [0.29, 0.717) is 12.5 Å². The minimum absolute atomic E-state index is 0.0597. The zero-order valence-corrected chi connectivity index (χ0v) is 13.6. The van der Waals surface area contributed by atoms with Crippen molar-refractivity contribution < 1.29 is 9.18 Å². The van der Waals surface area contributed by atoms with E-state index >= 15 is 0 Å². The van der Waals surface area contributed by atoms with Gasteiger partial charge in [-0.15, -0.1) is 0 Å². The number of benzene rings is 1. The highest BCUT2D eigenvalue weighted by Crippen LogP contribution is 2.22. The van der Waals surface area contributed by atoms with Crippen LogP contribution in [0.5, 0.6) is 0 Å². The SMILES string of the molecule is CC(C(=O)NCC1CCCCC1)N(C)Cc1cccc(F)c1. The Kier molecular flexibility index (Phi) is 6.37. The zero-order chi connectivity index (χ0) is 15.9. The van der Waals surface area contributed by atoms with E-state index in [0.717, 1.165) is 12.1 Å². The molecule has 22 heavy (non-hydrogen) atoms. The Hall–Kier alpha value is -1.42. The van der Waals surface area contributed by atoms with E-state index in [-0.39, 0.29) is 17.8 Å². The van der Waals surface area contributed by atoms with Gasteiger partial charge in [-0.05, 0) is 50.4 Å². The molecule has 1 fully saturated rings. The molecule has 1 aromatic carbocycles. The van der Waals surface area contributed by atoms with Crippen molar-refractivity contribution in [3.05, 3.63) is 35.6 Å². The van der Waals surface area contributed by atoms with Gasteiger partial charge in [0.1, 0.15) is 5.82 Å². The number of hydrogen-bond donors (Lipinski definition) is 1. The summed E-state index contributed by atoms with van der Waals surface area (Å²) in [7, 11) is 1.90. The number of likely N-dealkylation sites (N-methyl/N-ethyl adjacent to an activating group) is 1. The van der Waals surface area contributed by atoms with Crippen molar-refractivity contribution in [1.82, 2.24) is 10.2 Å². The van der Waals surface area contributed by atoms with E-state index in [1.54, 1.807) is 6.07 Å². The molecule has 1 aromatic rings. The number of rotatable bonds is 6. The summed E-state index contributed by atoms with van der Waals surface area (Å²) in [5.41, 5.74) is 0.884. The molecule has 122 valence electrons. The predicted molar refractivity (Wildman–Crippen MR) is 86.9 cm³/mol. The van der Waals surface area contributed by atoms with Gasteiger partial charge in [-0.1, -0.05) is 31.4 Å². The third kappa shape index (κ3) is 5.09. The van der Waals surface area contributed by atoms with E-state index in [9.17, 15) is 9.18 Å². The van der Waals surface area contributed by atoms with Crippen molar-refractivity contribution >= 4 is 5.91 Å². The standard InChI is InChI=1S/C18H27FN2O/c1-14(18(22)20-12-15-7-4-3-5-8-15)21(2)13-16-9-6-10-17(19)11-16/h6,9-11,14-15H,3-5,7-8,12-13H2,1-2H3,(H,20,22). The summed E-state index contributed by atoms with van der Waals surface area (Å²) in [5.74, 6) is 0.461. The van der Waals surface area contributed by atoms with E-state index in [2.05, 4.69) is 5.32 Å². The summed E-state index contributed by atoms with van der Waals surface area (Å²) in [4.78, 5) is 14.2. The Balaban J connectivity index is 1.78. The van der Waals surface area contributed by atoms with Crippen LogP contribution in [0.4, 0.5) is 4.39 Å². The van der Waals surface area contributed by atoms with Gasteiger partial charge in [-0.3, -0.25) is 9.69 Å². The van der Waals surface area contributed by atoms with Crippen LogP contribution >= 0.6 is 0 Å². The second kappa shape index (κ2) is 8.28. The smallest absolute Gasteiger partial charge is 0.237 e. The molecule has 0 aromatic heterocycles. The monoisotopic (exact) mass is 306 g/mol. The van der Waals surface area contributed by atoms with Crippen LogP contribution in [-0.2, 0) is 11.3 Å². The molecule has 1 unspecified atom stereocenters. The summed E-state index contributed by atoms with van der Waals surface area (Å²) in [6, 6.07) is 6.32. The highest BCUT2D eigenvalue weighted by molar-refractivity contribution is 5.81. The van der Waals surface area contributed by atoms with Gasteiger partial charge in [0.15, 0.2) is 0 Å². The minimum Gasteiger partial charge on any atom is -0.354 e. The maximum atomic E-state index is 13.2. The summed E-state index contributed by atoms with van der Waals surface area (Å²) in [5, 5.41) is 3.08. The lowest BCUT2D eigenvalue weighted by Gasteiger charge is -2.26. The fraction of sp³-hybridized carbons (Fsp3) is 0.611. The molecule has 1 aliphatic rings. The number of amides is 1. The zero-order valence-electron chi connectivity index (χ0n) is 13.6. The Labute approximate surface area is 132 Å². The average Bonchev–Trinajstić information content (AvgIpc) is 2.53. The summed E-state index contributed by atoms with van der Waals surface area (Å²) in [6.45, 7) is 3.25. The molecular formula is C18H27FN2O. The molecule has 4 heteroatoms. The lowest BCUT2D eigenvalue weighted by Crippen LogP contribution is -2.44. The second-order valence-corrected chi connectivity index (χ2v) is 6.47. The predicted octanol–water partition coefficient (Wildman–Crippen LogP) is 3.34. The van der Waals surface area contributed by atoms with E-state index in [1.807, 2.05) is 24.9 Å². The molecule has 0 spiro atoms. The number of carbonyl (C=O) groups excluding carboxylic acids is 1. The number of hydrogen-bond acceptors (Lipinski definition) is 2. The molecule has 0 saturated heterocycles. The number of carbonyl (C=O) groups is 1. The van der Waals surface area contributed by atoms with E-state index in [4.69, 9.17) is 0 Å². The van der Waals surface area contributed by atoms with Crippen LogP contribution in [-0.4, -0.2) is 30.4 Å². The van der Waals surface area contributed by atoms with Gasteiger partial charge in [-0.25, -0.2) is 4.39 Å². The van der Waals surface area contributed by atoms with Crippen molar-refractivity contribution in [3.8, 4) is 0 Å². The largest absolute Gasteiger partial charge is 0.354 e. The molecule has 0 aliphatic heterocycles. The van der Waals surface area contributed by atoms with Gasteiger partial charge in [0.05, 0.1) is 6.04 Å². The Morgan fingerprint density at radius 3 is 2.77 bits per heavy atom. The van der Waals surface area contributed by atoms with Gasteiger partial charge in [0.25, 0.3) is 0 Å². The summed E-state index contributed by atoms with van der Waals surface area (Å²) in [6.07, 6.45) is 6.37. The Morgan fingerprint density at radius 1 is 1.36 bits per heavy atom. The molecule has 0 heterocycles. The van der Waals surface area contributed by atoms with E-state index in [1.165, 1.54) is 44.2 Å². The molecule has 1 aliphatic carbocycles. The van der Waals surface area contributed by atoms with Crippen LogP contribution < -0.4 is 5.32 Å². The third-order valence-electron chi connectivity index (χ3n) is 4.65. The average molecular weight is 306 g/mol. The Morgan fingerprint density at radius 2 is 2.09 bits per heavy atom. The molecule has 1 N–H and O–H groups in total. The van der Waals surface area contributed by atoms with Crippen molar-refractivity contribution in [1.29, 1.82) is 0 Å². The van der Waals surface area contributed by atoms with E-state index < -0.39 is 0 Å². The van der Waals surface area contributed by atoms with Gasteiger partial charge in [0, 0.05) is 13.1 Å². The first-order valence-electron chi connectivity index (χ1n) is 8.28. The molecule has 2 rings (SSSR count). The molecule has 0 bridgehead atoms. The quantitative estimate of drug-likeness (QED) is 0.874. The van der Waals surface area contributed by atoms with Gasteiger partial charge >= 0.3 is 0 Å². The minimum atomic E-state index is -0.236. The lowest BCUT2D eigenvalue weighted by atomic mass is 9.89. The van der Waals surface area contributed by atoms with Crippen LogP contribution in [0.2, 0.25) is 0 Å². The first-order valence-corrected chi connectivity index (χ1v) is 8.28. The van der Waals surface area contributed by atoms with Crippen LogP contribution in [0.15, 0.2) is 24.3 Å². The van der Waals surface area contributed by atoms with Crippen LogP contribution in [0.25, 0.3) is 0 Å². The highest BCUT2D eigenvalue weighted by atomic mass is 19.1. The van der Waals surface area contributed by atoms with Crippen LogP contribution in [0, 0.1) is 11.7 Å². The number of nitrogens with zero attached hydrogens (tertiary/aromatic N) is 1. The first-order chi connectivity index (χ1) is 10.6. The van der Waals surface area contributed by atoms with Gasteiger partial charge in [-0.2, -0.15) is 0 Å². The number of halogens is 1. The highest BCUT2D eigenvalue weighted by Gasteiger charge is 2.20. The maximum Gasteiger partial charge on any atom is 0.237 e. The molecular weight excluding hydrogens is 279 g/mol. The summed E-state index contributed by atoms with van der Waals surface area (Å²) < 4.78 is 13.2. The molecule has 1 saturated carbocycles. The molecule has 3 nitrogen and oxygen atoms in total. The van der Waals surface area contributed by atoms with Crippen molar-refractivity contribution in [2.45, 2.75) is 51.6 Å². The van der Waals surface area contributed by atoms with Crippen molar-refractivity contribution in [2.75, 3.05) is 13.6 Å². The fourth-order valence-electron chi connectivity index (χ4n) is 3.04. The molecule has 1 amide bonds. The van der Waals surface area contributed by atoms with Crippen LogP contribution in [0.3, 0.4) is 0 Å². The Bertz CT molecular complexity index is 486. The lowest BCUT2D eigenvalue weighted by molar-refractivity contribution is -0.125. The van der Waals surface area contributed by atoms with Crippen LogP contribution in [0.1, 0.15) is 44.6 Å². The first kappa shape index (κ1) is 16.9. The van der Waals surface area contributed by atoms with Crippen molar-refractivity contribution in [3.63, 3.8) is 0 Å². The summed E-state index contributed by atoms with van der Waals surface area (Å²) >= 11 is 0. The normalized spacial score (nSPS) is 17.5. The maximum absolute atomic E-state index is 13.2. The van der Waals surface area contributed by atoms with Gasteiger partial charge < -0.3 is 5.32 Å². The molecule has 0 radical (unpaired) electrons. The van der Waals surface area contributed by atoms with Crippen molar-refractivity contribution in [2.24, 2.45) is 5.92 Å².